The molecule has 0 aromatic carbocycles. The molecule has 1 saturated carbocycles. The van der Waals surface area contributed by atoms with Crippen LogP contribution in [0.3, 0.4) is 0 Å². The fourth-order valence-corrected chi connectivity index (χ4v) is 2.08. The van der Waals surface area contributed by atoms with Crippen LogP contribution in [-0.2, 0) is 11.3 Å². The quantitative estimate of drug-likeness (QED) is 0.783. The lowest BCUT2D eigenvalue weighted by atomic mass is 10.2. The van der Waals surface area contributed by atoms with Gasteiger partial charge in [0.15, 0.2) is 0 Å². The van der Waals surface area contributed by atoms with Crippen molar-refractivity contribution in [3.05, 3.63) is 30.1 Å². The summed E-state index contributed by atoms with van der Waals surface area (Å²) in [5.41, 5.74) is 1.15. The van der Waals surface area contributed by atoms with Gasteiger partial charge in [0, 0.05) is 25.0 Å². The van der Waals surface area contributed by atoms with Crippen LogP contribution in [0.2, 0.25) is 0 Å². The Morgan fingerprint density at radius 1 is 1.53 bits per heavy atom. The Bertz CT molecular complexity index is 378. The number of halogens is 1. The van der Waals surface area contributed by atoms with Gasteiger partial charge in [-0.1, -0.05) is 22.9 Å². The maximum atomic E-state index is 12.2. The number of rotatable bonds is 5. The molecule has 1 aliphatic rings. The van der Waals surface area contributed by atoms with E-state index in [-0.39, 0.29) is 10.7 Å². The van der Waals surface area contributed by atoms with Gasteiger partial charge in [-0.15, -0.1) is 0 Å². The third-order valence-corrected chi connectivity index (χ3v) is 4.04. The summed E-state index contributed by atoms with van der Waals surface area (Å²) in [7, 11) is 0. The number of amides is 1. The number of carbonyl (C=O) groups excluding carboxylic acids is 1. The first-order valence-corrected chi connectivity index (χ1v) is 6.97. The number of hydrogen-bond donors (Lipinski definition) is 0. The first kappa shape index (κ1) is 12.6. The Morgan fingerprint density at radius 3 is 2.71 bits per heavy atom. The molecule has 1 aromatic heterocycles. The highest BCUT2D eigenvalue weighted by Gasteiger charge is 2.34. The molecule has 2 rings (SSSR count). The van der Waals surface area contributed by atoms with Crippen molar-refractivity contribution < 1.29 is 4.79 Å². The van der Waals surface area contributed by atoms with E-state index in [1.165, 1.54) is 0 Å². The van der Waals surface area contributed by atoms with Gasteiger partial charge in [-0.3, -0.25) is 9.78 Å². The van der Waals surface area contributed by atoms with E-state index in [4.69, 9.17) is 0 Å². The highest BCUT2D eigenvalue weighted by atomic mass is 79.9. The number of alkyl halides is 1. The van der Waals surface area contributed by atoms with E-state index in [0.29, 0.717) is 12.6 Å². The van der Waals surface area contributed by atoms with Crippen molar-refractivity contribution in [2.24, 2.45) is 0 Å². The minimum Gasteiger partial charge on any atom is -0.334 e. The van der Waals surface area contributed by atoms with Gasteiger partial charge in [0.05, 0.1) is 4.83 Å². The number of nitrogens with zero attached hydrogens (tertiary/aromatic N) is 2. The van der Waals surface area contributed by atoms with Crippen LogP contribution >= 0.6 is 15.9 Å². The van der Waals surface area contributed by atoms with E-state index >= 15 is 0 Å². The Kier molecular flexibility index (Phi) is 4.15. The molecule has 0 aliphatic heterocycles. The molecule has 1 atom stereocenters. The summed E-state index contributed by atoms with van der Waals surface area (Å²) in [4.78, 5) is 18.2. The number of hydrogen-bond acceptors (Lipinski definition) is 2. The standard InChI is InChI=1S/C13H17BrN2O/c1-2-12(14)13(17)16(11-3-4-11)9-10-5-7-15-8-6-10/h5-8,11-12H,2-4,9H2,1H3. The first-order valence-electron chi connectivity index (χ1n) is 6.05. The molecule has 0 radical (unpaired) electrons. The van der Waals surface area contributed by atoms with E-state index in [1.54, 1.807) is 12.4 Å². The molecule has 4 heteroatoms. The lowest BCUT2D eigenvalue weighted by Gasteiger charge is -2.24. The first-order chi connectivity index (χ1) is 8.22. The van der Waals surface area contributed by atoms with E-state index in [2.05, 4.69) is 20.9 Å². The summed E-state index contributed by atoms with van der Waals surface area (Å²) in [5, 5.41) is 0. The van der Waals surface area contributed by atoms with Gasteiger partial charge in [0.25, 0.3) is 0 Å². The largest absolute Gasteiger partial charge is 0.334 e. The Morgan fingerprint density at radius 2 is 2.18 bits per heavy atom. The molecule has 0 N–H and O–H groups in total. The summed E-state index contributed by atoms with van der Waals surface area (Å²) >= 11 is 3.45. The average Bonchev–Trinajstić information content (AvgIpc) is 3.19. The Labute approximate surface area is 110 Å². The molecule has 0 bridgehead atoms. The molecular formula is C13H17BrN2O. The van der Waals surface area contributed by atoms with Crippen LogP contribution in [-0.4, -0.2) is 26.7 Å². The summed E-state index contributed by atoms with van der Waals surface area (Å²) in [5.74, 6) is 0.215. The molecule has 0 saturated heterocycles. The highest BCUT2D eigenvalue weighted by molar-refractivity contribution is 9.10. The summed E-state index contributed by atoms with van der Waals surface area (Å²) < 4.78 is 0. The molecule has 17 heavy (non-hydrogen) atoms. The molecule has 1 aliphatic carbocycles. The maximum absolute atomic E-state index is 12.2. The van der Waals surface area contributed by atoms with Crippen molar-refractivity contribution in [1.82, 2.24) is 9.88 Å². The molecule has 3 nitrogen and oxygen atoms in total. The predicted molar refractivity (Wildman–Crippen MR) is 70.8 cm³/mol. The Hall–Kier alpha value is -0.900. The van der Waals surface area contributed by atoms with E-state index < -0.39 is 0 Å². The number of pyridine rings is 1. The molecule has 1 aromatic rings. The van der Waals surface area contributed by atoms with Crippen LogP contribution in [0.5, 0.6) is 0 Å². The maximum Gasteiger partial charge on any atom is 0.236 e. The number of carbonyl (C=O) groups is 1. The van der Waals surface area contributed by atoms with Gasteiger partial charge in [-0.25, -0.2) is 0 Å². The Balaban J connectivity index is 2.05. The highest BCUT2D eigenvalue weighted by Crippen LogP contribution is 2.30. The molecule has 92 valence electrons. The van der Waals surface area contributed by atoms with E-state index in [1.807, 2.05) is 24.0 Å². The van der Waals surface area contributed by atoms with Crippen molar-refractivity contribution in [3.8, 4) is 0 Å². The van der Waals surface area contributed by atoms with Crippen LogP contribution in [0, 0.1) is 0 Å². The van der Waals surface area contributed by atoms with Gasteiger partial charge in [0.2, 0.25) is 5.91 Å². The van der Waals surface area contributed by atoms with Crippen molar-refractivity contribution in [1.29, 1.82) is 0 Å². The SMILES string of the molecule is CCC(Br)C(=O)N(Cc1ccncc1)C1CC1. The van der Waals surface area contributed by atoms with Gasteiger partial charge in [0.1, 0.15) is 0 Å². The molecule has 1 heterocycles. The summed E-state index contributed by atoms with van der Waals surface area (Å²) in [6, 6.07) is 4.39. The second kappa shape index (κ2) is 5.63. The van der Waals surface area contributed by atoms with E-state index in [0.717, 1.165) is 24.8 Å². The normalized spacial score (nSPS) is 16.6. The van der Waals surface area contributed by atoms with Crippen LogP contribution in [0.15, 0.2) is 24.5 Å². The minimum atomic E-state index is -0.0510. The predicted octanol–water partition coefficient (Wildman–Crippen LogP) is 2.75. The second-order valence-electron chi connectivity index (χ2n) is 4.43. The zero-order chi connectivity index (χ0) is 12.3. The monoisotopic (exact) mass is 296 g/mol. The minimum absolute atomic E-state index is 0.0510. The topological polar surface area (TPSA) is 33.2 Å². The van der Waals surface area contributed by atoms with Gasteiger partial charge in [-0.2, -0.15) is 0 Å². The van der Waals surface area contributed by atoms with Crippen LogP contribution in [0.25, 0.3) is 0 Å². The fraction of sp³-hybridized carbons (Fsp3) is 0.538. The van der Waals surface area contributed by atoms with Crippen LogP contribution in [0.4, 0.5) is 0 Å². The molecular weight excluding hydrogens is 280 g/mol. The third-order valence-electron chi connectivity index (χ3n) is 3.00. The van der Waals surface area contributed by atoms with Crippen LogP contribution < -0.4 is 0 Å². The summed E-state index contributed by atoms with van der Waals surface area (Å²) in [6.45, 7) is 2.73. The fourth-order valence-electron chi connectivity index (χ4n) is 1.81. The van der Waals surface area contributed by atoms with Gasteiger partial charge < -0.3 is 4.90 Å². The zero-order valence-electron chi connectivity index (χ0n) is 9.97. The second-order valence-corrected chi connectivity index (χ2v) is 5.53. The smallest absolute Gasteiger partial charge is 0.236 e. The molecule has 0 spiro atoms. The van der Waals surface area contributed by atoms with E-state index in [9.17, 15) is 4.79 Å². The van der Waals surface area contributed by atoms with Crippen LogP contribution in [0.1, 0.15) is 31.7 Å². The average molecular weight is 297 g/mol. The molecule has 1 fully saturated rings. The molecule has 1 unspecified atom stereocenters. The van der Waals surface area contributed by atoms with Crippen molar-refractivity contribution in [3.63, 3.8) is 0 Å². The van der Waals surface area contributed by atoms with Crippen molar-refractivity contribution in [2.45, 2.75) is 43.6 Å². The lowest BCUT2D eigenvalue weighted by molar-refractivity contribution is -0.131. The third kappa shape index (κ3) is 3.28. The molecule has 1 amide bonds. The number of aromatic nitrogens is 1. The summed E-state index contributed by atoms with van der Waals surface area (Å²) in [6.07, 6.45) is 6.66. The zero-order valence-corrected chi connectivity index (χ0v) is 11.6. The van der Waals surface area contributed by atoms with Gasteiger partial charge in [-0.05, 0) is 37.0 Å². The lowest BCUT2D eigenvalue weighted by Crippen LogP contribution is -2.37. The van der Waals surface area contributed by atoms with Crippen molar-refractivity contribution in [2.75, 3.05) is 0 Å². The van der Waals surface area contributed by atoms with Crippen molar-refractivity contribution >= 4 is 21.8 Å². The van der Waals surface area contributed by atoms with Gasteiger partial charge >= 0.3 is 0 Å².